The van der Waals surface area contributed by atoms with E-state index in [4.69, 9.17) is 4.98 Å². The molecule has 0 spiro atoms. The first kappa shape index (κ1) is 29.3. The minimum Gasteiger partial charge on any atom is -0.310 e. The second-order valence-corrected chi connectivity index (χ2v) is 12.2. The van der Waals surface area contributed by atoms with E-state index in [0.717, 1.165) is 78.4 Å². The number of hydrogen-bond acceptors (Lipinski definition) is 4. The molecule has 5 nitrogen and oxygen atoms in total. The molecule has 3 aromatic heterocycles. The van der Waals surface area contributed by atoms with Crippen molar-refractivity contribution in [2.45, 2.75) is 0 Å². The molecule has 9 rings (SSSR count). The zero-order valence-corrected chi connectivity index (χ0v) is 27.1. The fraction of sp³-hybridized carbons (Fsp3) is 0. The maximum absolute atomic E-state index is 5.07. The highest BCUT2D eigenvalue weighted by molar-refractivity contribution is 5.94. The molecular formula is C45H31N5. The van der Waals surface area contributed by atoms with Gasteiger partial charge in [-0.3, -0.25) is 4.40 Å². The Bertz CT molecular complexity index is 2570. The van der Waals surface area contributed by atoms with Gasteiger partial charge in [-0.15, -0.1) is 5.10 Å². The maximum atomic E-state index is 5.07. The lowest BCUT2D eigenvalue weighted by Crippen LogP contribution is -2.10. The molecule has 0 N–H and O–H groups in total. The van der Waals surface area contributed by atoms with E-state index in [2.05, 4.69) is 177 Å². The van der Waals surface area contributed by atoms with Crippen LogP contribution in [-0.4, -0.2) is 19.6 Å². The Kier molecular flexibility index (Phi) is 7.41. The van der Waals surface area contributed by atoms with Gasteiger partial charge in [0, 0.05) is 50.7 Å². The SMILES string of the molecule is c1ccc(-c2nc3ccccn3c2-c2cccc(N(c3ccccc3)c3ccc(-c4ccc(-c5nncc6ccccc56)cc4)cc3)c2)cc1. The molecule has 0 aliphatic carbocycles. The van der Waals surface area contributed by atoms with Gasteiger partial charge in [0.15, 0.2) is 0 Å². The molecular weight excluding hydrogens is 611 g/mol. The summed E-state index contributed by atoms with van der Waals surface area (Å²) in [6, 6.07) is 61.4. The minimum atomic E-state index is 0.894. The second-order valence-electron chi connectivity index (χ2n) is 12.2. The quantitative estimate of drug-likeness (QED) is 0.174. The average molecular weight is 642 g/mol. The van der Waals surface area contributed by atoms with Gasteiger partial charge < -0.3 is 4.90 Å². The first-order valence-electron chi connectivity index (χ1n) is 16.7. The Morgan fingerprint density at radius 2 is 1.04 bits per heavy atom. The summed E-state index contributed by atoms with van der Waals surface area (Å²) < 4.78 is 2.18. The van der Waals surface area contributed by atoms with Crippen molar-refractivity contribution in [3.63, 3.8) is 0 Å². The van der Waals surface area contributed by atoms with Gasteiger partial charge in [0.05, 0.1) is 17.6 Å². The van der Waals surface area contributed by atoms with Crippen molar-refractivity contribution >= 4 is 33.5 Å². The fourth-order valence-corrected chi connectivity index (χ4v) is 6.75. The molecule has 3 heterocycles. The van der Waals surface area contributed by atoms with Crippen LogP contribution >= 0.6 is 0 Å². The van der Waals surface area contributed by atoms with Crippen LogP contribution in [0.15, 0.2) is 188 Å². The average Bonchev–Trinajstić information content (AvgIpc) is 3.59. The van der Waals surface area contributed by atoms with Gasteiger partial charge in [-0.05, 0) is 59.7 Å². The second kappa shape index (κ2) is 12.6. The molecule has 0 aliphatic heterocycles. The monoisotopic (exact) mass is 641 g/mol. The highest BCUT2D eigenvalue weighted by Crippen LogP contribution is 2.40. The van der Waals surface area contributed by atoms with Crippen molar-refractivity contribution in [2.24, 2.45) is 0 Å². The Morgan fingerprint density at radius 1 is 0.440 bits per heavy atom. The summed E-state index contributed by atoms with van der Waals surface area (Å²) >= 11 is 0. The summed E-state index contributed by atoms with van der Waals surface area (Å²) in [7, 11) is 0. The zero-order chi connectivity index (χ0) is 33.3. The third kappa shape index (κ3) is 5.37. The number of benzene rings is 6. The molecule has 0 fully saturated rings. The largest absolute Gasteiger partial charge is 0.310 e. The Morgan fingerprint density at radius 3 is 1.84 bits per heavy atom. The van der Waals surface area contributed by atoms with E-state index in [1.807, 2.05) is 30.5 Å². The number of fused-ring (bicyclic) bond motifs is 2. The Balaban J connectivity index is 1.09. The highest BCUT2D eigenvalue weighted by Gasteiger charge is 2.19. The summed E-state index contributed by atoms with van der Waals surface area (Å²) in [6.07, 6.45) is 3.90. The third-order valence-electron chi connectivity index (χ3n) is 9.16. The van der Waals surface area contributed by atoms with Crippen molar-refractivity contribution in [3.05, 3.63) is 188 Å². The predicted molar refractivity (Wildman–Crippen MR) is 205 cm³/mol. The van der Waals surface area contributed by atoms with Gasteiger partial charge >= 0.3 is 0 Å². The molecule has 5 heteroatoms. The lowest BCUT2D eigenvalue weighted by atomic mass is 10.00. The molecule has 0 atom stereocenters. The van der Waals surface area contributed by atoms with E-state index in [0.29, 0.717) is 0 Å². The van der Waals surface area contributed by atoms with Crippen LogP contribution in [0.5, 0.6) is 0 Å². The van der Waals surface area contributed by atoms with Crippen LogP contribution < -0.4 is 4.90 Å². The van der Waals surface area contributed by atoms with E-state index >= 15 is 0 Å². The molecule has 0 saturated heterocycles. The molecule has 0 amide bonds. The summed E-state index contributed by atoms with van der Waals surface area (Å²) in [5, 5.41) is 10.9. The van der Waals surface area contributed by atoms with Gasteiger partial charge in [0.2, 0.25) is 0 Å². The smallest absolute Gasteiger partial charge is 0.137 e. The lowest BCUT2D eigenvalue weighted by Gasteiger charge is -2.26. The van der Waals surface area contributed by atoms with Crippen LogP contribution in [0.25, 0.3) is 61.3 Å². The summed E-state index contributed by atoms with van der Waals surface area (Å²) in [5.74, 6) is 0. The minimum absolute atomic E-state index is 0.894. The normalized spacial score (nSPS) is 11.2. The number of para-hydroxylation sites is 1. The van der Waals surface area contributed by atoms with Crippen molar-refractivity contribution in [2.75, 3.05) is 4.90 Å². The molecule has 0 radical (unpaired) electrons. The topological polar surface area (TPSA) is 46.3 Å². The van der Waals surface area contributed by atoms with Crippen molar-refractivity contribution in [3.8, 4) is 44.9 Å². The molecule has 50 heavy (non-hydrogen) atoms. The number of anilines is 3. The Labute approximate surface area is 290 Å². The van der Waals surface area contributed by atoms with Crippen LogP contribution in [0, 0.1) is 0 Å². The van der Waals surface area contributed by atoms with E-state index in [-0.39, 0.29) is 0 Å². The maximum Gasteiger partial charge on any atom is 0.137 e. The molecule has 6 aromatic carbocycles. The molecule has 236 valence electrons. The molecule has 9 aromatic rings. The van der Waals surface area contributed by atoms with Gasteiger partial charge in [-0.25, -0.2) is 4.98 Å². The first-order valence-corrected chi connectivity index (χ1v) is 16.7. The van der Waals surface area contributed by atoms with E-state index in [9.17, 15) is 0 Å². The van der Waals surface area contributed by atoms with Crippen LogP contribution in [0.1, 0.15) is 0 Å². The lowest BCUT2D eigenvalue weighted by molar-refractivity contribution is 1.06. The van der Waals surface area contributed by atoms with Gasteiger partial charge in [0.1, 0.15) is 11.3 Å². The van der Waals surface area contributed by atoms with Crippen molar-refractivity contribution < 1.29 is 0 Å². The van der Waals surface area contributed by atoms with Gasteiger partial charge in [-0.2, -0.15) is 5.10 Å². The number of nitrogens with zero attached hydrogens (tertiary/aromatic N) is 5. The molecule has 0 bridgehead atoms. The number of imidazole rings is 1. The highest BCUT2D eigenvalue weighted by atomic mass is 15.1. The molecule has 0 saturated carbocycles. The first-order chi connectivity index (χ1) is 24.8. The number of hydrogen-bond donors (Lipinski definition) is 0. The summed E-state index contributed by atoms with van der Waals surface area (Å²) in [5.41, 5.74) is 12.6. The Hall–Kier alpha value is -6.85. The van der Waals surface area contributed by atoms with E-state index in [1.165, 1.54) is 0 Å². The number of aromatic nitrogens is 4. The molecule has 0 unspecified atom stereocenters. The van der Waals surface area contributed by atoms with Crippen LogP contribution in [-0.2, 0) is 0 Å². The van der Waals surface area contributed by atoms with Crippen LogP contribution in [0.3, 0.4) is 0 Å². The standard InChI is InChI=1S/C45H31N5/c1-3-12-34(13-4-1)44-45(49-29-10-9-20-42(49)47-44)36-15-11-18-40(30-36)50(38-16-5-2-6-17-38)39-27-25-33(26-28-39)32-21-23-35(24-22-32)43-41-19-8-7-14-37(41)31-46-48-43/h1-31H. The van der Waals surface area contributed by atoms with E-state index < -0.39 is 0 Å². The third-order valence-corrected chi connectivity index (χ3v) is 9.16. The van der Waals surface area contributed by atoms with Crippen LogP contribution in [0.4, 0.5) is 17.1 Å². The summed E-state index contributed by atoms with van der Waals surface area (Å²) in [4.78, 5) is 7.37. The molecule has 0 aliphatic rings. The van der Waals surface area contributed by atoms with Gasteiger partial charge in [-0.1, -0.05) is 127 Å². The number of rotatable bonds is 7. The fourth-order valence-electron chi connectivity index (χ4n) is 6.75. The zero-order valence-electron chi connectivity index (χ0n) is 27.1. The van der Waals surface area contributed by atoms with Gasteiger partial charge in [0.25, 0.3) is 0 Å². The predicted octanol–water partition coefficient (Wildman–Crippen LogP) is 11.4. The van der Waals surface area contributed by atoms with Crippen molar-refractivity contribution in [1.82, 2.24) is 19.6 Å². The van der Waals surface area contributed by atoms with Crippen molar-refractivity contribution in [1.29, 1.82) is 0 Å². The van der Waals surface area contributed by atoms with E-state index in [1.54, 1.807) is 0 Å². The van der Waals surface area contributed by atoms with Crippen LogP contribution in [0.2, 0.25) is 0 Å². The summed E-state index contributed by atoms with van der Waals surface area (Å²) in [6.45, 7) is 0. The number of pyridine rings is 1.